The number of amides is 2. The zero-order chi connectivity index (χ0) is 22.4. The Morgan fingerprint density at radius 1 is 1.10 bits per heavy atom. The minimum atomic E-state index is -0.539. The predicted molar refractivity (Wildman–Crippen MR) is 115 cm³/mol. The van der Waals surface area contributed by atoms with Gasteiger partial charge >= 0.3 is 5.91 Å². The molecule has 0 aliphatic heterocycles. The number of aromatic nitrogens is 2. The fourth-order valence-electron chi connectivity index (χ4n) is 3.16. The smallest absolute Gasteiger partial charge is 0.305 e. The summed E-state index contributed by atoms with van der Waals surface area (Å²) >= 11 is 0. The Bertz CT molecular complexity index is 1040. The number of ether oxygens (including phenoxy) is 1. The molecule has 0 bridgehead atoms. The molecule has 2 heterocycles. The summed E-state index contributed by atoms with van der Waals surface area (Å²) < 4.78 is 13.0. The summed E-state index contributed by atoms with van der Waals surface area (Å²) in [6, 6.07) is 12.5. The number of hydrazine groups is 1. The van der Waals surface area contributed by atoms with Crippen molar-refractivity contribution in [3.63, 3.8) is 0 Å². The number of nitrogens with one attached hydrogen (secondary N) is 2. The fourth-order valence-corrected chi connectivity index (χ4v) is 3.16. The van der Waals surface area contributed by atoms with Crippen LogP contribution >= 0.6 is 0 Å². The van der Waals surface area contributed by atoms with Gasteiger partial charge in [0.25, 0.3) is 0 Å². The molecule has 0 fully saturated rings. The molecule has 0 spiro atoms. The third-order valence-electron chi connectivity index (χ3n) is 4.73. The Kier molecular flexibility index (Phi) is 7.12. The van der Waals surface area contributed by atoms with Crippen LogP contribution in [0.4, 0.5) is 0 Å². The van der Waals surface area contributed by atoms with Crippen LogP contribution in [0.1, 0.15) is 47.1 Å². The molecule has 1 aromatic carbocycles. The second kappa shape index (κ2) is 9.97. The van der Waals surface area contributed by atoms with Crippen LogP contribution in [0.2, 0.25) is 0 Å². The molecule has 0 unspecified atom stereocenters. The number of nitrogens with zero attached hydrogens (tertiary/aromatic N) is 2. The lowest BCUT2D eigenvalue weighted by Crippen LogP contribution is -2.42. The maximum Gasteiger partial charge on any atom is 0.305 e. The second-order valence-corrected chi connectivity index (χ2v) is 7.77. The predicted octanol–water partition coefficient (Wildman–Crippen LogP) is 3.33. The Hall–Kier alpha value is -3.55. The molecule has 0 saturated carbocycles. The number of hydrogen-bond donors (Lipinski definition) is 2. The van der Waals surface area contributed by atoms with E-state index < -0.39 is 5.91 Å². The second-order valence-electron chi connectivity index (χ2n) is 7.77. The van der Waals surface area contributed by atoms with Gasteiger partial charge < -0.3 is 9.15 Å². The molecule has 0 atom stereocenters. The van der Waals surface area contributed by atoms with Gasteiger partial charge in [-0.2, -0.15) is 5.10 Å². The van der Waals surface area contributed by atoms with Gasteiger partial charge in [0, 0.05) is 17.8 Å². The highest BCUT2D eigenvalue weighted by molar-refractivity contribution is 5.93. The number of furan rings is 1. The fraction of sp³-hybridized carbons (Fsp3) is 0.348. The molecule has 3 aromatic rings. The number of para-hydroxylation sites is 1. The van der Waals surface area contributed by atoms with Gasteiger partial charge in [-0.25, -0.2) is 0 Å². The van der Waals surface area contributed by atoms with Gasteiger partial charge in [-0.15, -0.1) is 0 Å². The van der Waals surface area contributed by atoms with Crippen molar-refractivity contribution < 1.29 is 18.7 Å². The normalized spacial score (nSPS) is 10.9. The first-order chi connectivity index (χ1) is 14.8. The molecule has 0 saturated heterocycles. The first kappa shape index (κ1) is 22.1. The first-order valence-corrected chi connectivity index (χ1v) is 10.2. The summed E-state index contributed by atoms with van der Waals surface area (Å²) in [6.07, 6.45) is 0.129. The van der Waals surface area contributed by atoms with Gasteiger partial charge in [-0.3, -0.25) is 25.1 Å². The molecule has 2 amide bonds. The largest absolute Gasteiger partial charge is 0.486 e. The highest BCUT2D eigenvalue weighted by Crippen LogP contribution is 2.16. The van der Waals surface area contributed by atoms with E-state index in [4.69, 9.17) is 9.15 Å². The topological polar surface area (TPSA) is 98.4 Å². The lowest BCUT2D eigenvalue weighted by Gasteiger charge is -2.09. The maximum atomic E-state index is 12.3. The summed E-state index contributed by atoms with van der Waals surface area (Å²) in [5.74, 6) is 0.883. The van der Waals surface area contributed by atoms with Gasteiger partial charge in [-0.05, 0) is 44.0 Å². The van der Waals surface area contributed by atoms with Crippen LogP contribution in [0.15, 0.2) is 46.9 Å². The molecular weight excluding hydrogens is 396 g/mol. The third-order valence-corrected chi connectivity index (χ3v) is 4.73. The van der Waals surface area contributed by atoms with Crippen LogP contribution in [-0.2, 0) is 24.4 Å². The summed E-state index contributed by atoms with van der Waals surface area (Å²) in [6.45, 7) is 9.05. The van der Waals surface area contributed by atoms with Gasteiger partial charge in [0.15, 0.2) is 5.76 Å². The van der Waals surface area contributed by atoms with Crippen molar-refractivity contribution in [2.45, 2.75) is 47.3 Å². The van der Waals surface area contributed by atoms with Crippen molar-refractivity contribution >= 4 is 11.8 Å². The number of carbonyl (C=O) groups is 2. The Balaban J connectivity index is 1.50. The van der Waals surface area contributed by atoms with Crippen LogP contribution in [0.25, 0.3) is 0 Å². The molecular formula is C23H28N4O4. The maximum absolute atomic E-state index is 12.3. The van der Waals surface area contributed by atoms with E-state index in [1.54, 1.807) is 6.07 Å². The van der Waals surface area contributed by atoms with Crippen molar-refractivity contribution in [3.05, 3.63) is 70.9 Å². The van der Waals surface area contributed by atoms with Crippen LogP contribution in [-0.4, -0.2) is 21.6 Å². The highest BCUT2D eigenvalue weighted by Gasteiger charge is 2.17. The van der Waals surface area contributed by atoms with Crippen molar-refractivity contribution in [1.82, 2.24) is 20.6 Å². The van der Waals surface area contributed by atoms with Crippen LogP contribution in [0.5, 0.6) is 5.75 Å². The molecule has 3 rings (SSSR count). The Labute approximate surface area is 181 Å². The van der Waals surface area contributed by atoms with Gasteiger partial charge in [0.05, 0.1) is 12.1 Å². The summed E-state index contributed by atoms with van der Waals surface area (Å²) in [7, 11) is 0. The van der Waals surface area contributed by atoms with Crippen molar-refractivity contribution in [2.24, 2.45) is 5.92 Å². The van der Waals surface area contributed by atoms with Crippen molar-refractivity contribution in [1.29, 1.82) is 0 Å². The summed E-state index contributed by atoms with van der Waals surface area (Å²) in [5.41, 5.74) is 7.46. The van der Waals surface area contributed by atoms with Crippen molar-refractivity contribution in [2.75, 3.05) is 0 Å². The number of rotatable bonds is 8. The zero-order valence-electron chi connectivity index (χ0n) is 18.3. The lowest BCUT2D eigenvalue weighted by molar-refractivity contribution is -0.121. The molecule has 164 valence electrons. The minimum absolute atomic E-state index is 0.0871. The molecule has 0 aliphatic rings. The molecule has 31 heavy (non-hydrogen) atoms. The van der Waals surface area contributed by atoms with E-state index in [0.717, 1.165) is 23.5 Å². The zero-order valence-corrected chi connectivity index (χ0v) is 18.3. The lowest BCUT2D eigenvalue weighted by atomic mass is 10.1. The standard InChI is InChI=1S/C23H28N4O4/c1-15(2)13-27-17(4)20(16(3)26-27)12-22(28)24-25-23(29)21-11-10-19(31-21)14-30-18-8-6-5-7-9-18/h5-11,15H,12-14H2,1-4H3,(H,24,28)(H,25,29). The number of hydrogen-bond acceptors (Lipinski definition) is 5. The molecule has 8 heteroatoms. The third kappa shape index (κ3) is 5.97. The molecule has 2 aromatic heterocycles. The van der Waals surface area contributed by atoms with E-state index in [1.807, 2.05) is 48.9 Å². The number of aryl methyl sites for hydroxylation is 1. The molecule has 8 nitrogen and oxygen atoms in total. The van der Waals surface area contributed by atoms with Gasteiger partial charge in [-0.1, -0.05) is 32.0 Å². The molecule has 2 N–H and O–H groups in total. The average Bonchev–Trinajstić information content (AvgIpc) is 3.31. The van der Waals surface area contributed by atoms with Crippen LogP contribution in [0.3, 0.4) is 0 Å². The number of benzene rings is 1. The van der Waals surface area contributed by atoms with Gasteiger partial charge in [0.2, 0.25) is 5.91 Å². The molecule has 0 aliphatic carbocycles. The number of carbonyl (C=O) groups excluding carboxylic acids is 2. The van der Waals surface area contributed by atoms with Crippen LogP contribution < -0.4 is 15.6 Å². The van der Waals surface area contributed by atoms with E-state index in [9.17, 15) is 9.59 Å². The minimum Gasteiger partial charge on any atom is -0.486 e. The SMILES string of the molecule is Cc1nn(CC(C)C)c(C)c1CC(=O)NNC(=O)c1ccc(COc2ccccc2)o1. The average molecular weight is 425 g/mol. The highest BCUT2D eigenvalue weighted by atomic mass is 16.5. The Morgan fingerprint density at radius 3 is 2.55 bits per heavy atom. The van der Waals surface area contributed by atoms with Gasteiger partial charge in [0.1, 0.15) is 18.1 Å². The monoisotopic (exact) mass is 424 g/mol. The van der Waals surface area contributed by atoms with E-state index in [2.05, 4.69) is 29.8 Å². The summed E-state index contributed by atoms with van der Waals surface area (Å²) in [4.78, 5) is 24.6. The molecule has 0 radical (unpaired) electrons. The quantitative estimate of drug-likeness (QED) is 0.541. The van der Waals surface area contributed by atoms with E-state index in [1.165, 1.54) is 6.07 Å². The summed E-state index contributed by atoms with van der Waals surface area (Å²) in [5, 5.41) is 4.51. The van der Waals surface area contributed by atoms with E-state index in [-0.39, 0.29) is 24.7 Å². The Morgan fingerprint density at radius 2 is 1.84 bits per heavy atom. The first-order valence-electron chi connectivity index (χ1n) is 10.2. The van der Waals surface area contributed by atoms with Crippen LogP contribution in [0, 0.1) is 19.8 Å². The van der Waals surface area contributed by atoms with E-state index >= 15 is 0 Å². The van der Waals surface area contributed by atoms with E-state index in [0.29, 0.717) is 17.4 Å². The van der Waals surface area contributed by atoms with Crippen molar-refractivity contribution in [3.8, 4) is 5.75 Å².